The molecule has 0 fully saturated rings. The van der Waals surface area contributed by atoms with Crippen LogP contribution < -0.4 is 0 Å². The van der Waals surface area contributed by atoms with Gasteiger partial charge < -0.3 is 0 Å². The Morgan fingerprint density at radius 3 is 1.76 bits per heavy atom. The standard InChI is InChI=1S/2C8H9.Zr/c2*1-2-5-8-6-3-4-7-8;/h2*2-3,5-6H,4H2,1H3;. The van der Waals surface area contributed by atoms with E-state index in [0.29, 0.717) is 0 Å². The Morgan fingerprint density at radius 1 is 0.882 bits per heavy atom. The van der Waals surface area contributed by atoms with E-state index in [2.05, 4.69) is 62.5 Å². The van der Waals surface area contributed by atoms with Crippen molar-refractivity contribution in [2.75, 3.05) is 0 Å². The summed E-state index contributed by atoms with van der Waals surface area (Å²) in [5, 5.41) is 0. The van der Waals surface area contributed by atoms with Crippen LogP contribution in [0.4, 0.5) is 0 Å². The number of rotatable bonds is 4. The molecule has 0 spiro atoms. The van der Waals surface area contributed by atoms with Crippen molar-refractivity contribution in [3.8, 4) is 0 Å². The van der Waals surface area contributed by atoms with Crippen molar-refractivity contribution in [1.82, 2.24) is 0 Å². The molecule has 17 heavy (non-hydrogen) atoms. The molecule has 0 saturated heterocycles. The molecule has 0 aromatic carbocycles. The predicted molar refractivity (Wildman–Crippen MR) is 71.2 cm³/mol. The van der Waals surface area contributed by atoms with Crippen LogP contribution in [-0.2, 0) is 23.2 Å². The van der Waals surface area contributed by atoms with Gasteiger partial charge in [0.15, 0.2) is 0 Å². The third-order valence-electron chi connectivity index (χ3n) is 2.93. The molecule has 2 aliphatic rings. The van der Waals surface area contributed by atoms with Crippen LogP contribution in [0.5, 0.6) is 0 Å². The summed E-state index contributed by atoms with van der Waals surface area (Å²) in [6.45, 7) is 4.20. The van der Waals surface area contributed by atoms with Crippen LogP contribution in [0.25, 0.3) is 0 Å². The van der Waals surface area contributed by atoms with E-state index in [1.165, 1.54) is 24.0 Å². The van der Waals surface area contributed by atoms with Gasteiger partial charge in [-0.15, -0.1) is 0 Å². The summed E-state index contributed by atoms with van der Waals surface area (Å²) in [7, 11) is 0. The monoisotopic (exact) mass is 300 g/mol. The molecule has 0 aliphatic heterocycles. The Labute approximate surface area is 116 Å². The average Bonchev–Trinajstić information content (AvgIpc) is 2.92. The van der Waals surface area contributed by atoms with Crippen LogP contribution in [0.15, 0.2) is 66.3 Å². The van der Waals surface area contributed by atoms with E-state index in [0.717, 1.165) is 0 Å². The average molecular weight is 302 g/mol. The molecule has 2 rings (SSSR count). The van der Waals surface area contributed by atoms with Gasteiger partial charge in [-0.05, 0) is 0 Å². The van der Waals surface area contributed by atoms with Gasteiger partial charge in [-0.2, -0.15) is 0 Å². The first-order valence-electron chi connectivity index (χ1n) is 6.17. The fraction of sp³-hybridized carbons (Fsp3) is 0.250. The van der Waals surface area contributed by atoms with E-state index in [-0.39, 0.29) is 0 Å². The second kappa shape index (κ2) is 6.31. The van der Waals surface area contributed by atoms with Gasteiger partial charge in [0.25, 0.3) is 0 Å². The first kappa shape index (κ1) is 12.8. The first-order chi connectivity index (χ1) is 8.35. The van der Waals surface area contributed by atoms with Crippen molar-refractivity contribution >= 4 is 0 Å². The van der Waals surface area contributed by atoms with Crippen molar-refractivity contribution in [2.24, 2.45) is 0 Å². The molecule has 0 saturated carbocycles. The van der Waals surface area contributed by atoms with Gasteiger partial charge in [-0.3, -0.25) is 0 Å². The third-order valence-corrected chi connectivity index (χ3v) is 6.84. The maximum absolute atomic E-state index is 2.31. The molecule has 86 valence electrons. The van der Waals surface area contributed by atoms with Crippen molar-refractivity contribution in [2.45, 2.75) is 26.7 Å². The van der Waals surface area contributed by atoms with Gasteiger partial charge >= 0.3 is 116 Å². The molecule has 0 radical (unpaired) electrons. The summed E-state index contributed by atoms with van der Waals surface area (Å²) < 4.78 is 3.46. The molecule has 0 atom stereocenters. The van der Waals surface area contributed by atoms with Crippen molar-refractivity contribution in [1.29, 1.82) is 0 Å². The second-order valence-corrected chi connectivity index (χ2v) is 7.79. The van der Waals surface area contributed by atoms with Crippen LogP contribution >= 0.6 is 0 Å². The Bertz CT molecular complexity index is 424. The Morgan fingerprint density at radius 2 is 1.35 bits per heavy atom. The molecule has 0 amide bonds. The van der Waals surface area contributed by atoms with Crippen LogP contribution in [-0.4, -0.2) is 0 Å². The summed E-state index contributed by atoms with van der Waals surface area (Å²) >= 11 is -0.545. The molecule has 0 N–H and O–H groups in total. The number of hydrogen-bond donors (Lipinski definition) is 0. The maximum atomic E-state index is 2.31. The van der Waals surface area contributed by atoms with Crippen molar-refractivity contribution in [3.05, 3.63) is 66.3 Å². The SMILES string of the molecule is CC=CC1=[C]([Zr][C]2=C(C=CC)C=CC2)CC=C1. The topological polar surface area (TPSA) is 0 Å². The molecular formula is C16H18Zr. The van der Waals surface area contributed by atoms with Crippen LogP contribution in [0.3, 0.4) is 0 Å². The number of allylic oxidation sites excluding steroid dienone is 12. The molecule has 1 heteroatoms. The first-order valence-corrected chi connectivity index (χ1v) is 8.62. The predicted octanol–water partition coefficient (Wildman–Crippen LogP) is 4.65. The van der Waals surface area contributed by atoms with Gasteiger partial charge in [0, 0.05) is 0 Å². The van der Waals surface area contributed by atoms with Gasteiger partial charge in [-0.25, -0.2) is 0 Å². The van der Waals surface area contributed by atoms with Gasteiger partial charge in [0.2, 0.25) is 0 Å². The Kier molecular flexibility index (Phi) is 4.74. The molecule has 0 nitrogen and oxygen atoms in total. The van der Waals surface area contributed by atoms with Gasteiger partial charge in [-0.1, -0.05) is 0 Å². The third kappa shape index (κ3) is 3.16. The van der Waals surface area contributed by atoms with Crippen LogP contribution in [0.2, 0.25) is 0 Å². The molecular weight excluding hydrogens is 283 g/mol. The fourth-order valence-electron chi connectivity index (χ4n) is 2.14. The van der Waals surface area contributed by atoms with E-state index in [1.54, 1.807) is 6.56 Å². The molecule has 0 aromatic rings. The Hall–Kier alpha value is -0.677. The van der Waals surface area contributed by atoms with Crippen LogP contribution in [0.1, 0.15) is 26.7 Å². The van der Waals surface area contributed by atoms with E-state index in [1.807, 2.05) is 0 Å². The van der Waals surface area contributed by atoms with Gasteiger partial charge in [0.05, 0.1) is 0 Å². The molecule has 0 heterocycles. The van der Waals surface area contributed by atoms with E-state index in [4.69, 9.17) is 0 Å². The zero-order chi connectivity index (χ0) is 12.1. The normalized spacial score (nSPS) is 19.6. The van der Waals surface area contributed by atoms with Crippen molar-refractivity contribution < 1.29 is 23.2 Å². The van der Waals surface area contributed by atoms with Crippen LogP contribution in [0, 0.1) is 0 Å². The van der Waals surface area contributed by atoms with E-state index < -0.39 is 23.2 Å². The molecule has 0 bridgehead atoms. The minimum atomic E-state index is -0.545. The zero-order valence-electron chi connectivity index (χ0n) is 10.5. The number of hydrogen-bond acceptors (Lipinski definition) is 0. The Balaban J connectivity index is 2.17. The van der Waals surface area contributed by atoms with E-state index >= 15 is 0 Å². The van der Waals surface area contributed by atoms with Crippen molar-refractivity contribution in [3.63, 3.8) is 0 Å². The van der Waals surface area contributed by atoms with E-state index in [9.17, 15) is 0 Å². The molecule has 0 unspecified atom stereocenters. The summed E-state index contributed by atoms with van der Waals surface area (Å²) in [5.74, 6) is 0. The second-order valence-electron chi connectivity index (χ2n) is 4.21. The molecule has 0 aromatic heterocycles. The quantitative estimate of drug-likeness (QED) is 0.709. The summed E-state index contributed by atoms with van der Waals surface area (Å²) in [6, 6.07) is 0. The summed E-state index contributed by atoms with van der Waals surface area (Å²) in [4.78, 5) is 0. The van der Waals surface area contributed by atoms with Gasteiger partial charge in [0.1, 0.15) is 0 Å². The minimum absolute atomic E-state index is 0.545. The summed E-state index contributed by atoms with van der Waals surface area (Å²) in [5.41, 5.74) is 2.97. The fourth-order valence-corrected chi connectivity index (χ4v) is 5.65. The summed E-state index contributed by atoms with van der Waals surface area (Å²) in [6.07, 6.45) is 20.4. The zero-order valence-corrected chi connectivity index (χ0v) is 13.0. The molecule has 2 aliphatic carbocycles.